The number of aryl methyl sites for hydroxylation is 1. The lowest BCUT2D eigenvalue weighted by Gasteiger charge is -1.90. The highest BCUT2D eigenvalue weighted by Crippen LogP contribution is 2.18. The summed E-state index contributed by atoms with van der Waals surface area (Å²) in [7, 11) is 0. The van der Waals surface area contributed by atoms with Crippen LogP contribution in [0, 0.1) is 0 Å². The molecule has 66 valence electrons. The first-order valence-electron chi connectivity index (χ1n) is 3.28. The lowest BCUT2D eigenvalue weighted by Crippen LogP contribution is -2.11. The molecule has 0 bridgehead atoms. The predicted octanol–water partition coefficient (Wildman–Crippen LogP) is 1.13. The van der Waals surface area contributed by atoms with Crippen molar-refractivity contribution in [3.63, 3.8) is 0 Å². The summed E-state index contributed by atoms with van der Waals surface area (Å²) in [5.74, 6) is 0.197. The maximum atomic E-state index is 10.4. The Morgan fingerprint density at radius 1 is 1.58 bits per heavy atom. The molecule has 0 aromatic carbocycles. The fourth-order valence-electron chi connectivity index (χ4n) is 0.734. The number of carbonyl (C=O) groups is 1. The van der Waals surface area contributed by atoms with Crippen LogP contribution in [0.3, 0.4) is 0 Å². The largest absolute Gasteiger partial charge is 0.370 e. The number of nitrogens with one attached hydrogen (secondary N) is 1. The minimum absolute atomic E-state index is 0.219. The zero-order valence-electron chi connectivity index (χ0n) is 6.10. The average molecular weight is 208 g/mol. The molecule has 4 nitrogen and oxygen atoms in total. The van der Waals surface area contributed by atoms with Crippen LogP contribution in [0.1, 0.15) is 12.2 Å². The Labute approximate surface area is 79.1 Å². The lowest BCUT2D eigenvalue weighted by atomic mass is 10.3. The Morgan fingerprint density at radius 3 is 2.67 bits per heavy atom. The fourth-order valence-corrected chi connectivity index (χ4v) is 1.03. The molecule has 0 spiro atoms. The highest BCUT2D eigenvalue weighted by atomic mass is 35.5. The van der Waals surface area contributed by atoms with Gasteiger partial charge in [0, 0.05) is 12.8 Å². The van der Waals surface area contributed by atoms with Gasteiger partial charge in [0.25, 0.3) is 0 Å². The van der Waals surface area contributed by atoms with Crippen LogP contribution in [0.2, 0.25) is 10.3 Å². The van der Waals surface area contributed by atoms with E-state index in [0.29, 0.717) is 12.2 Å². The van der Waals surface area contributed by atoms with Gasteiger partial charge in [-0.15, -0.1) is 0 Å². The maximum Gasteiger partial charge on any atom is 0.217 e. The second-order valence-corrected chi connectivity index (χ2v) is 2.99. The number of nitrogens with zero attached hydrogens (tertiary/aromatic N) is 1. The smallest absolute Gasteiger partial charge is 0.217 e. The van der Waals surface area contributed by atoms with Crippen LogP contribution in [0.5, 0.6) is 0 Å². The van der Waals surface area contributed by atoms with Crippen molar-refractivity contribution >= 4 is 29.1 Å². The van der Waals surface area contributed by atoms with Crippen LogP contribution in [0.4, 0.5) is 0 Å². The zero-order valence-corrected chi connectivity index (χ0v) is 7.61. The van der Waals surface area contributed by atoms with Gasteiger partial charge in [0.05, 0.1) is 0 Å². The van der Waals surface area contributed by atoms with Gasteiger partial charge in [0.2, 0.25) is 5.91 Å². The summed E-state index contributed by atoms with van der Waals surface area (Å²) in [5, 5.41) is 0.507. The lowest BCUT2D eigenvalue weighted by molar-refractivity contribution is -0.118. The van der Waals surface area contributed by atoms with Crippen LogP contribution in [0.25, 0.3) is 0 Å². The Balaban J connectivity index is 2.58. The van der Waals surface area contributed by atoms with Gasteiger partial charge in [-0.1, -0.05) is 23.2 Å². The summed E-state index contributed by atoms with van der Waals surface area (Å²) in [6.07, 6.45) is 0.669. The second kappa shape index (κ2) is 3.78. The van der Waals surface area contributed by atoms with E-state index in [1.165, 1.54) is 0 Å². The fraction of sp³-hybridized carbons (Fsp3) is 0.333. The SMILES string of the molecule is NC(=O)CCc1nc(Cl)c(Cl)[nH]1. The number of rotatable bonds is 3. The van der Waals surface area contributed by atoms with E-state index >= 15 is 0 Å². The number of nitrogens with two attached hydrogens (primary N) is 1. The highest BCUT2D eigenvalue weighted by Gasteiger charge is 2.06. The Hall–Kier alpha value is -0.740. The van der Waals surface area contributed by atoms with Crippen molar-refractivity contribution in [1.29, 1.82) is 0 Å². The van der Waals surface area contributed by atoms with Crippen molar-refractivity contribution in [3.05, 3.63) is 16.1 Å². The summed E-state index contributed by atoms with van der Waals surface area (Å²) in [4.78, 5) is 16.9. The summed E-state index contributed by atoms with van der Waals surface area (Å²) < 4.78 is 0. The minimum atomic E-state index is -0.376. The van der Waals surface area contributed by atoms with Crippen LogP contribution < -0.4 is 5.73 Å². The standard InChI is InChI=1S/C6H7Cl2N3O/c7-5-6(8)11-4(10-5)2-1-3(9)12/h1-2H2,(H2,9,12)(H,10,11). The number of halogens is 2. The third kappa shape index (κ3) is 2.39. The van der Waals surface area contributed by atoms with Crippen molar-refractivity contribution in [2.75, 3.05) is 0 Å². The molecule has 1 heterocycles. The molecule has 12 heavy (non-hydrogen) atoms. The van der Waals surface area contributed by atoms with Crippen LogP contribution >= 0.6 is 23.2 Å². The van der Waals surface area contributed by atoms with Crippen molar-refractivity contribution < 1.29 is 4.79 Å². The molecular weight excluding hydrogens is 201 g/mol. The van der Waals surface area contributed by atoms with E-state index in [9.17, 15) is 4.79 Å². The van der Waals surface area contributed by atoms with Crippen molar-refractivity contribution in [2.45, 2.75) is 12.8 Å². The molecule has 1 amide bonds. The molecule has 3 N–H and O–H groups in total. The third-order valence-electron chi connectivity index (χ3n) is 1.28. The first-order chi connectivity index (χ1) is 5.59. The molecule has 0 fully saturated rings. The zero-order chi connectivity index (χ0) is 9.14. The molecule has 1 aromatic rings. The van der Waals surface area contributed by atoms with Crippen LogP contribution in [0.15, 0.2) is 0 Å². The average Bonchev–Trinajstić information content (AvgIpc) is 2.28. The van der Waals surface area contributed by atoms with Crippen LogP contribution in [-0.4, -0.2) is 15.9 Å². The van der Waals surface area contributed by atoms with Gasteiger partial charge in [-0.3, -0.25) is 4.79 Å². The van der Waals surface area contributed by atoms with Crippen molar-refractivity contribution in [1.82, 2.24) is 9.97 Å². The van der Waals surface area contributed by atoms with Gasteiger partial charge in [-0.25, -0.2) is 4.98 Å². The van der Waals surface area contributed by atoms with Crippen LogP contribution in [-0.2, 0) is 11.2 Å². The van der Waals surface area contributed by atoms with E-state index < -0.39 is 0 Å². The van der Waals surface area contributed by atoms with Gasteiger partial charge in [-0.2, -0.15) is 0 Å². The minimum Gasteiger partial charge on any atom is -0.370 e. The molecule has 0 aliphatic carbocycles. The van der Waals surface area contributed by atoms with E-state index in [4.69, 9.17) is 28.9 Å². The summed E-state index contributed by atoms with van der Waals surface area (Å²) >= 11 is 11.1. The predicted molar refractivity (Wildman–Crippen MR) is 46.1 cm³/mol. The van der Waals surface area contributed by atoms with Gasteiger partial charge in [-0.05, 0) is 0 Å². The topological polar surface area (TPSA) is 71.8 Å². The molecule has 0 atom stereocenters. The number of imidazole rings is 1. The molecule has 0 saturated heterocycles. The summed E-state index contributed by atoms with van der Waals surface area (Å²) in [6, 6.07) is 0. The first kappa shape index (κ1) is 9.35. The van der Waals surface area contributed by atoms with Crippen molar-refractivity contribution in [3.8, 4) is 0 Å². The molecule has 0 aliphatic heterocycles. The molecule has 1 aromatic heterocycles. The van der Waals surface area contributed by atoms with Gasteiger partial charge >= 0.3 is 0 Å². The Morgan fingerprint density at radius 2 is 2.25 bits per heavy atom. The van der Waals surface area contributed by atoms with Gasteiger partial charge < -0.3 is 10.7 Å². The van der Waals surface area contributed by atoms with E-state index in [0.717, 1.165) is 0 Å². The normalized spacial score (nSPS) is 10.2. The van der Waals surface area contributed by atoms with Crippen molar-refractivity contribution in [2.24, 2.45) is 5.73 Å². The molecule has 1 rings (SSSR count). The number of amides is 1. The molecular formula is C6H7Cl2N3O. The number of carbonyl (C=O) groups excluding carboxylic acids is 1. The highest BCUT2D eigenvalue weighted by molar-refractivity contribution is 6.40. The Bertz CT molecular complexity index is 277. The quantitative estimate of drug-likeness (QED) is 0.781. The number of aromatic amines is 1. The van der Waals surface area contributed by atoms with Gasteiger partial charge in [0.1, 0.15) is 11.0 Å². The summed E-state index contributed by atoms with van der Waals surface area (Å²) in [5.41, 5.74) is 4.94. The molecule has 0 radical (unpaired) electrons. The number of hydrogen-bond acceptors (Lipinski definition) is 2. The molecule has 0 aliphatic rings. The molecule has 0 unspecified atom stereocenters. The van der Waals surface area contributed by atoms with E-state index in [-0.39, 0.29) is 22.6 Å². The number of hydrogen-bond donors (Lipinski definition) is 2. The summed E-state index contributed by atoms with van der Waals surface area (Å²) in [6.45, 7) is 0. The number of aromatic nitrogens is 2. The number of H-pyrrole nitrogens is 1. The molecule has 6 heteroatoms. The third-order valence-corrected chi connectivity index (χ3v) is 1.92. The van der Waals surface area contributed by atoms with E-state index in [1.807, 2.05) is 0 Å². The van der Waals surface area contributed by atoms with E-state index in [2.05, 4.69) is 9.97 Å². The Kier molecular flexibility index (Phi) is 2.94. The first-order valence-corrected chi connectivity index (χ1v) is 4.03. The second-order valence-electron chi connectivity index (χ2n) is 2.25. The monoisotopic (exact) mass is 207 g/mol. The maximum absolute atomic E-state index is 10.4. The van der Waals surface area contributed by atoms with Gasteiger partial charge in [0.15, 0.2) is 5.15 Å². The van der Waals surface area contributed by atoms with E-state index in [1.54, 1.807) is 0 Å². The molecule has 0 saturated carbocycles. The number of primary amides is 1.